The van der Waals surface area contributed by atoms with E-state index < -0.39 is 0 Å². The minimum atomic E-state index is 0.0142. The van der Waals surface area contributed by atoms with Crippen LogP contribution in [0.2, 0.25) is 0 Å². The second-order valence-corrected chi connectivity index (χ2v) is 3.95. The van der Waals surface area contributed by atoms with Crippen LogP contribution in [-0.2, 0) is 9.53 Å². The zero-order chi connectivity index (χ0) is 13.1. The Bertz CT molecular complexity index is 196. The van der Waals surface area contributed by atoms with Gasteiger partial charge in [0.25, 0.3) is 0 Å². The number of carbonyl (C=O) groups is 1. The standard InChI is InChI=1S/C12H26N2O3/c1-4-11(5-2)14(7-8-15)12(16)10-13-6-9-17-3/h11,13,15H,4-10H2,1-3H3. The summed E-state index contributed by atoms with van der Waals surface area (Å²) in [6.07, 6.45) is 1.83. The molecule has 0 atom stereocenters. The third-order valence-electron chi connectivity index (χ3n) is 2.80. The highest BCUT2D eigenvalue weighted by Gasteiger charge is 2.19. The van der Waals surface area contributed by atoms with Gasteiger partial charge in [-0.2, -0.15) is 0 Å². The van der Waals surface area contributed by atoms with Crippen LogP contribution in [-0.4, -0.2) is 61.9 Å². The number of methoxy groups -OCH3 is 1. The van der Waals surface area contributed by atoms with Crippen LogP contribution in [0.25, 0.3) is 0 Å². The molecule has 0 saturated heterocycles. The number of rotatable bonds is 10. The summed E-state index contributed by atoms with van der Waals surface area (Å²) in [6.45, 7) is 6.11. The largest absolute Gasteiger partial charge is 0.395 e. The van der Waals surface area contributed by atoms with Crippen molar-refractivity contribution in [2.24, 2.45) is 0 Å². The summed E-state index contributed by atoms with van der Waals surface area (Å²) < 4.78 is 4.89. The van der Waals surface area contributed by atoms with Gasteiger partial charge >= 0.3 is 0 Å². The van der Waals surface area contributed by atoms with Crippen molar-refractivity contribution in [1.29, 1.82) is 0 Å². The molecule has 0 heterocycles. The number of amides is 1. The van der Waals surface area contributed by atoms with Crippen molar-refractivity contribution in [3.8, 4) is 0 Å². The molecular weight excluding hydrogens is 220 g/mol. The lowest BCUT2D eigenvalue weighted by atomic mass is 10.1. The van der Waals surface area contributed by atoms with Crippen LogP contribution in [0.3, 0.4) is 0 Å². The van der Waals surface area contributed by atoms with Crippen molar-refractivity contribution in [2.75, 3.05) is 40.0 Å². The first kappa shape index (κ1) is 16.4. The Labute approximate surface area is 104 Å². The maximum Gasteiger partial charge on any atom is 0.236 e. The van der Waals surface area contributed by atoms with E-state index in [4.69, 9.17) is 9.84 Å². The molecule has 0 aromatic carbocycles. The summed E-state index contributed by atoms with van der Waals surface area (Å²) in [5.74, 6) is 0.0452. The first-order valence-electron chi connectivity index (χ1n) is 6.31. The third kappa shape index (κ3) is 6.61. The molecule has 5 heteroatoms. The van der Waals surface area contributed by atoms with Crippen molar-refractivity contribution in [1.82, 2.24) is 10.2 Å². The maximum atomic E-state index is 12.0. The Balaban J connectivity index is 4.13. The van der Waals surface area contributed by atoms with Crippen LogP contribution < -0.4 is 5.32 Å². The van der Waals surface area contributed by atoms with Crippen molar-refractivity contribution < 1.29 is 14.6 Å². The summed E-state index contributed by atoms with van der Waals surface area (Å²) in [4.78, 5) is 13.7. The normalized spacial score (nSPS) is 10.9. The zero-order valence-electron chi connectivity index (χ0n) is 11.2. The summed E-state index contributed by atoms with van der Waals surface area (Å²) >= 11 is 0. The molecule has 0 bridgehead atoms. The van der Waals surface area contributed by atoms with Gasteiger partial charge in [-0.15, -0.1) is 0 Å². The SMILES string of the molecule is CCC(CC)N(CCO)C(=O)CNCCOC. The van der Waals surface area contributed by atoms with Gasteiger partial charge in [0.05, 0.1) is 19.8 Å². The fourth-order valence-electron chi connectivity index (χ4n) is 1.82. The second-order valence-electron chi connectivity index (χ2n) is 3.95. The predicted octanol–water partition coefficient (Wildman–Crippen LogP) is 0.232. The summed E-state index contributed by atoms with van der Waals surface area (Å²) in [7, 11) is 1.63. The molecule has 0 saturated carbocycles. The van der Waals surface area contributed by atoms with E-state index in [2.05, 4.69) is 19.2 Å². The molecule has 102 valence electrons. The molecule has 0 aromatic heterocycles. The van der Waals surface area contributed by atoms with Gasteiger partial charge in [0, 0.05) is 26.2 Å². The number of hydrogen-bond donors (Lipinski definition) is 2. The van der Waals surface area contributed by atoms with Gasteiger partial charge < -0.3 is 20.1 Å². The fourth-order valence-corrected chi connectivity index (χ4v) is 1.82. The number of nitrogens with one attached hydrogen (secondary N) is 1. The Morgan fingerprint density at radius 2 is 2.06 bits per heavy atom. The lowest BCUT2D eigenvalue weighted by Crippen LogP contribution is -2.46. The van der Waals surface area contributed by atoms with Crippen LogP contribution in [0.5, 0.6) is 0 Å². The summed E-state index contributed by atoms with van der Waals surface area (Å²) in [5.41, 5.74) is 0. The highest BCUT2D eigenvalue weighted by Crippen LogP contribution is 2.08. The maximum absolute atomic E-state index is 12.0. The van der Waals surface area contributed by atoms with Crippen molar-refractivity contribution in [3.05, 3.63) is 0 Å². The molecule has 0 aliphatic rings. The highest BCUT2D eigenvalue weighted by molar-refractivity contribution is 5.78. The van der Waals surface area contributed by atoms with Crippen molar-refractivity contribution >= 4 is 5.91 Å². The molecule has 0 radical (unpaired) electrons. The average Bonchev–Trinajstić information content (AvgIpc) is 2.34. The molecule has 1 amide bonds. The average molecular weight is 246 g/mol. The van der Waals surface area contributed by atoms with Gasteiger partial charge in [0.1, 0.15) is 0 Å². The summed E-state index contributed by atoms with van der Waals surface area (Å²) in [5, 5.41) is 12.0. The molecule has 17 heavy (non-hydrogen) atoms. The van der Waals surface area contributed by atoms with Crippen LogP contribution in [0.4, 0.5) is 0 Å². The Morgan fingerprint density at radius 3 is 2.53 bits per heavy atom. The number of aliphatic hydroxyl groups is 1. The summed E-state index contributed by atoms with van der Waals surface area (Å²) in [6, 6.07) is 0.221. The number of ether oxygens (including phenoxy) is 1. The van der Waals surface area contributed by atoms with Gasteiger partial charge in [0.15, 0.2) is 0 Å². The van der Waals surface area contributed by atoms with Crippen molar-refractivity contribution in [3.63, 3.8) is 0 Å². The van der Waals surface area contributed by atoms with E-state index >= 15 is 0 Å². The van der Waals surface area contributed by atoms with E-state index in [0.29, 0.717) is 26.2 Å². The van der Waals surface area contributed by atoms with Crippen LogP contribution >= 0.6 is 0 Å². The highest BCUT2D eigenvalue weighted by atomic mass is 16.5. The minimum absolute atomic E-state index is 0.0142. The predicted molar refractivity (Wildman–Crippen MR) is 67.9 cm³/mol. The van der Waals surface area contributed by atoms with Gasteiger partial charge in [-0.05, 0) is 12.8 Å². The van der Waals surface area contributed by atoms with E-state index in [1.165, 1.54) is 0 Å². The van der Waals surface area contributed by atoms with Gasteiger partial charge in [-0.25, -0.2) is 0 Å². The molecule has 0 aromatic rings. The lowest BCUT2D eigenvalue weighted by Gasteiger charge is -2.30. The first-order chi connectivity index (χ1) is 8.21. The molecule has 5 nitrogen and oxygen atoms in total. The van der Waals surface area contributed by atoms with Gasteiger partial charge in [0.2, 0.25) is 5.91 Å². The number of hydrogen-bond acceptors (Lipinski definition) is 4. The lowest BCUT2D eigenvalue weighted by molar-refractivity contribution is -0.133. The molecule has 0 spiro atoms. The number of nitrogens with zero attached hydrogens (tertiary/aromatic N) is 1. The van der Waals surface area contributed by atoms with Gasteiger partial charge in [-0.3, -0.25) is 4.79 Å². The van der Waals surface area contributed by atoms with E-state index in [9.17, 15) is 4.79 Å². The van der Waals surface area contributed by atoms with Crippen molar-refractivity contribution in [2.45, 2.75) is 32.7 Å². The monoisotopic (exact) mass is 246 g/mol. The van der Waals surface area contributed by atoms with E-state index in [0.717, 1.165) is 12.8 Å². The van der Waals surface area contributed by atoms with Crippen LogP contribution in [0.1, 0.15) is 26.7 Å². The Morgan fingerprint density at radius 1 is 1.41 bits per heavy atom. The molecule has 0 aliphatic heterocycles. The van der Waals surface area contributed by atoms with E-state index in [-0.39, 0.29) is 18.6 Å². The molecule has 0 aliphatic carbocycles. The van der Waals surface area contributed by atoms with Crippen LogP contribution in [0, 0.1) is 0 Å². The fraction of sp³-hybridized carbons (Fsp3) is 0.917. The first-order valence-corrected chi connectivity index (χ1v) is 6.31. The Kier molecular flexibility index (Phi) is 10.1. The van der Waals surface area contributed by atoms with Gasteiger partial charge in [-0.1, -0.05) is 13.8 Å². The molecule has 0 unspecified atom stereocenters. The second kappa shape index (κ2) is 10.5. The molecule has 0 fully saturated rings. The number of aliphatic hydroxyl groups excluding tert-OH is 1. The quantitative estimate of drug-likeness (QED) is 0.542. The minimum Gasteiger partial charge on any atom is -0.395 e. The van der Waals surface area contributed by atoms with E-state index in [1.807, 2.05) is 0 Å². The zero-order valence-corrected chi connectivity index (χ0v) is 11.2. The van der Waals surface area contributed by atoms with E-state index in [1.54, 1.807) is 12.0 Å². The molecular formula is C12H26N2O3. The topological polar surface area (TPSA) is 61.8 Å². The molecule has 0 rings (SSSR count). The smallest absolute Gasteiger partial charge is 0.236 e. The Hall–Kier alpha value is -0.650. The number of carbonyl (C=O) groups excluding carboxylic acids is 1. The molecule has 2 N–H and O–H groups in total. The third-order valence-corrected chi connectivity index (χ3v) is 2.80. The van der Waals surface area contributed by atoms with Crippen LogP contribution in [0.15, 0.2) is 0 Å².